The Morgan fingerprint density at radius 3 is 3.00 bits per heavy atom. The fourth-order valence-electron chi connectivity index (χ4n) is 1.52. The number of esters is 1. The van der Waals surface area contributed by atoms with Gasteiger partial charge in [0.25, 0.3) is 0 Å². The summed E-state index contributed by atoms with van der Waals surface area (Å²) >= 11 is 2.01. The largest absolute Gasteiger partial charge is 0.461 e. The van der Waals surface area contributed by atoms with Crippen LogP contribution in [0.1, 0.15) is 17.4 Å². The standard InChI is InChI=1S/C12H10FIN2O2/c1-2-18-12(17)11-6-15-7-16(11)10-4-3-8(13)5-9(10)14/h3-7H,2H2,1H3. The molecule has 0 aliphatic carbocycles. The molecule has 1 aromatic heterocycles. The number of carbonyl (C=O) groups excluding carboxylic acids is 1. The Bertz CT molecular complexity index is 583. The Hall–Kier alpha value is -1.44. The van der Waals surface area contributed by atoms with Gasteiger partial charge >= 0.3 is 5.97 Å². The van der Waals surface area contributed by atoms with E-state index in [0.29, 0.717) is 21.6 Å². The number of rotatable bonds is 3. The zero-order valence-electron chi connectivity index (χ0n) is 9.56. The molecule has 6 heteroatoms. The fraction of sp³-hybridized carbons (Fsp3) is 0.167. The Morgan fingerprint density at radius 2 is 2.33 bits per heavy atom. The van der Waals surface area contributed by atoms with Crippen LogP contribution in [0.5, 0.6) is 0 Å². The van der Waals surface area contributed by atoms with Crippen molar-refractivity contribution >= 4 is 28.6 Å². The number of hydrogen-bond acceptors (Lipinski definition) is 3. The molecule has 0 unspecified atom stereocenters. The SMILES string of the molecule is CCOC(=O)c1cncn1-c1ccc(F)cc1I. The van der Waals surface area contributed by atoms with Crippen LogP contribution in [0, 0.1) is 9.39 Å². The molecular weight excluding hydrogens is 350 g/mol. The molecule has 0 N–H and O–H groups in total. The molecule has 0 saturated carbocycles. The van der Waals surface area contributed by atoms with Crippen LogP contribution >= 0.6 is 22.6 Å². The molecule has 0 saturated heterocycles. The lowest BCUT2D eigenvalue weighted by molar-refractivity contribution is 0.0517. The number of halogens is 2. The highest BCUT2D eigenvalue weighted by atomic mass is 127. The van der Waals surface area contributed by atoms with E-state index in [-0.39, 0.29) is 5.82 Å². The van der Waals surface area contributed by atoms with Crippen LogP contribution in [0.25, 0.3) is 5.69 Å². The molecule has 0 aliphatic rings. The summed E-state index contributed by atoms with van der Waals surface area (Å²) in [4.78, 5) is 15.6. The van der Waals surface area contributed by atoms with E-state index in [4.69, 9.17) is 4.74 Å². The van der Waals surface area contributed by atoms with Crippen LogP contribution in [0.4, 0.5) is 4.39 Å². The molecule has 94 valence electrons. The first kappa shape index (κ1) is 13.0. The van der Waals surface area contributed by atoms with E-state index in [9.17, 15) is 9.18 Å². The minimum atomic E-state index is -0.449. The zero-order valence-corrected chi connectivity index (χ0v) is 11.7. The third-order valence-corrected chi connectivity index (χ3v) is 3.16. The minimum Gasteiger partial charge on any atom is -0.461 e. The Labute approximate surface area is 117 Å². The number of hydrogen-bond donors (Lipinski definition) is 0. The first-order chi connectivity index (χ1) is 8.63. The monoisotopic (exact) mass is 360 g/mol. The lowest BCUT2D eigenvalue weighted by Crippen LogP contribution is -2.11. The van der Waals surface area contributed by atoms with Crippen molar-refractivity contribution in [1.29, 1.82) is 0 Å². The summed E-state index contributed by atoms with van der Waals surface area (Å²) in [6.07, 6.45) is 2.93. The maximum atomic E-state index is 13.0. The summed E-state index contributed by atoms with van der Waals surface area (Å²) in [7, 11) is 0. The van der Waals surface area contributed by atoms with Gasteiger partial charge in [-0.15, -0.1) is 0 Å². The smallest absolute Gasteiger partial charge is 0.356 e. The maximum Gasteiger partial charge on any atom is 0.356 e. The second kappa shape index (κ2) is 5.47. The first-order valence-electron chi connectivity index (χ1n) is 5.28. The maximum absolute atomic E-state index is 13.0. The van der Waals surface area contributed by atoms with Crippen LogP contribution in [-0.2, 0) is 4.74 Å². The Morgan fingerprint density at radius 1 is 1.56 bits per heavy atom. The van der Waals surface area contributed by atoms with Crippen molar-refractivity contribution in [3.05, 3.63) is 45.8 Å². The summed E-state index contributed by atoms with van der Waals surface area (Å²) in [6.45, 7) is 2.03. The quantitative estimate of drug-likeness (QED) is 0.625. The second-order valence-electron chi connectivity index (χ2n) is 3.47. The number of nitrogens with zero attached hydrogens (tertiary/aromatic N) is 2. The van der Waals surface area contributed by atoms with Gasteiger partial charge in [0.05, 0.1) is 24.8 Å². The van der Waals surface area contributed by atoms with Gasteiger partial charge in [0.15, 0.2) is 5.69 Å². The van der Waals surface area contributed by atoms with E-state index in [1.54, 1.807) is 17.6 Å². The summed E-state index contributed by atoms with van der Waals surface area (Å²) in [5.74, 6) is -0.768. The lowest BCUT2D eigenvalue weighted by atomic mass is 10.3. The zero-order chi connectivity index (χ0) is 13.1. The molecule has 0 spiro atoms. The first-order valence-corrected chi connectivity index (χ1v) is 6.36. The molecule has 18 heavy (non-hydrogen) atoms. The predicted molar refractivity (Wildman–Crippen MR) is 72.2 cm³/mol. The molecule has 1 aromatic carbocycles. The van der Waals surface area contributed by atoms with Gasteiger partial charge in [-0.3, -0.25) is 4.57 Å². The molecule has 2 aromatic rings. The van der Waals surface area contributed by atoms with Crippen molar-refractivity contribution in [2.45, 2.75) is 6.92 Å². The van der Waals surface area contributed by atoms with Crippen molar-refractivity contribution in [2.75, 3.05) is 6.61 Å². The molecule has 0 amide bonds. The van der Waals surface area contributed by atoms with E-state index in [2.05, 4.69) is 4.98 Å². The van der Waals surface area contributed by atoms with E-state index < -0.39 is 5.97 Å². The van der Waals surface area contributed by atoms with Crippen molar-refractivity contribution in [3.63, 3.8) is 0 Å². The van der Waals surface area contributed by atoms with Crippen LogP contribution < -0.4 is 0 Å². The van der Waals surface area contributed by atoms with E-state index in [1.807, 2.05) is 22.6 Å². The molecular formula is C12H10FIN2O2. The van der Waals surface area contributed by atoms with Crippen LogP contribution in [-0.4, -0.2) is 22.1 Å². The van der Waals surface area contributed by atoms with E-state index in [0.717, 1.165) is 0 Å². The molecule has 0 radical (unpaired) electrons. The normalized spacial score (nSPS) is 10.4. The molecule has 0 atom stereocenters. The van der Waals surface area contributed by atoms with Gasteiger partial charge in [-0.05, 0) is 47.7 Å². The van der Waals surface area contributed by atoms with Crippen molar-refractivity contribution in [2.24, 2.45) is 0 Å². The highest BCUT2D eigenvalue weighted by Crippen LogP contribution is 2.20. The third-order valence-electron chi connectivity index (χ3n) is 2.29. The van der Waals surface area contributed by atoms with Gasteiger partial charge in [-0.2, -0.15) is 0 Å². The third kappa shape index (κ3) is 2.53. The second-order valence-corrected chi connectivity index (χ2v) is 4.63. The fourth-order valence-corrected chi connectivity index (χ4v) is 2.26. The van der Waals surface area contributed by atoms with Crippen molar-refractivity contribution in [1.82, 2.24) is 9.55 Å². The van der Waals surface area contributed by atoms with E-state index in [1.165, 1.54) is 24.7 Å². The molecule has 0 fully saturated rings. The van der Waals surface area contributed by atoms with Gasteiger partial charge < -0.3 is 4.74 Å². The van der Waals surface area contributed by atoms with E-state index >= 15 is 0 Å². The summed E-state index contributed by atoms with van der Waals surface area (Å²) < 4.78 is 20.3. The lowest BCUT2D eigenvalue weighted by Gasteiger charge is -2.09. The van der Waals surface area contributed by atoms with Gasteiger partial charge in [0.2, 0.25) is 0 Å². The average molecular weight is 360 g/mol. The Balaban J connectivity index is 2.45. The van der Waals surface area contributed by atoms with Gasteiger partial charge in [-0.25, -0.2) is 14.2 Å². The van der Waals surface area contributed by atoms with Crippen LogP contribution in [0.3, 0.4) is 0 Å². The molecule has 0 aliphatic heterocycles. The minimum absolute atomic E-state index is 0.296. The van der Waals surface area contributed by atoms with Gasteiger partial charge in [-0.1, -0.05) is 0 Å². The van der Waals surface area contributed by atoms with Gasteiger partial charge in [0, 0.05) is 3.57 Å². The van der Waals surface area contributed by atoms with Crippen molar-refractivity contribution < 1.29 is 13.9 Å². The Kier molecular flexibility index (Phi) is 3.95. The number of benzene rings is 1. The molecule has 4 nitrogen and oxygen atoms in total. The molecule has 2 rings (SSSR count). The number of aromatic nitrogens is 2. The van der Waals surface area contributed by atoms with Crippen molar-refractivity contribution in [3.8, 4) is 5.69 Å². The summed E-state index contributed by atoms with van der Waals surface area (Å²) in [5, 5.41) is 0. The summed E-state index contributed by atoms with van der Waals surface area (Å²) in [6, 6.07) is 4.33. The number of imidazole rings is 1. The average Bonchev–Trinajstić information content (AvgIpc) is 2.78. The highest BCUT2D eigenvalue weighted by Gasteiger charge is 2.15. The highest BCUT2D eigenvalue weighted by molar-refractivity contribution is 14.1. The number of carbonyl (C=O) groups is 1. The number of ether oxygens (including phenoxy) is 1. The molecule has 0 bridgehead atoms. The predicted octanol–water partition coefficient (Wildman–Crippen LogP) is 2.79. The molecule has 1 heterocycles. The van der Waals surface area contributed by atoms with Gasteiger partial charge in [0.1, 0.15) is 5.82 Å². The van der Waals surface area contributed by atoms with Crippen LogP contribution in [0.2, 0.25) is 0 Å². The summed E-state index contributed by atoms with van der Waals surface area (Å²) in [5.41, 5.74) is 1.01. The van der Waals surface area contributed by atoms with Crippen LogP contribution in [0.15, 0.2) is 30.7 Å². The topological polar surface area (TPSA) is 44.1 Å².